The number of unbranched alkanes of at least 4 members (excludes halogenated alkanes) is 1. The van der Waals surface area contributed by atoms with Gasteiger partial charge in [0, 0.05) is 12.1 Å². The molecule has 7 N–H and O–H groups in total. The molecule has 0 saturated heterocycles. The van der Waals surface area contributed by atoms with Gasteiger partial charge >= 0.3 is 10.4 Å². The number of nitrogens with one attached hydrogen (secondary N) is 2. The summed E-state index contributed by atoms with van der Waals surface area (Å²) in [4.78, 5) is 0. The second kappa shape index (κ2) is 18.3. The Morgan fingerprint density at radius 2 is 1.55 bits per heavy atom. The molecule has 0 aliphatic heterocycles. The van der Waals surface area contributed by atoms with Crippen molar-refractivity contribution in [1.29, 1.82) is 0 Å². The quantitative estimate of drug-likeness (QED) is 0.127. The Kier molecular flexibility index (Phi) is 18.6. The molecule has 0 amide bonds. The van der Waals surface area contributed by atoms with Crippen molar-refractivity contribution in [2.75, 3.05) is 32.8 Å². The molecule has 254 valence electrons. The van der Waals surface area contributed by atoms with Gasteiger partial charge in [-0.05, 0) is 143 Å². The van der Waals surface area contributed by atoms with Crippen molar-refractivity contribution in [2.24, 2.45) is 57.8 Å². The van der Waals surface area contributed by atoms with Crippen LogP contribution in [-0.4, -0.2) is 57.8 Å². The maximum absolute atomic E-state index is 11.2. The van der Waals surface area contributed by atoms with E-state index in [-0.39, 0.29) is 73.6 Å². The normalized spacial score (nSPS) is 37.8. The standard InChI is InChI=1S/C29H56N4O4S.4ClH/c1-20(19-37-38(34,35)36)23-7-8-24-27-25(10-12-29(23,24)3)28(2)11-9-22(17-21(28)18-26(27)31)33-16-6-15-32-14-5-4-13-30;;;;/h20-27,32-33H,4-19,30-31H2,1-3H3,(H,34,35,36);4*1H/t20-,21-,22+,23-,24+,25+,26-,27+,28+,29-;;;;/m1..../s1. The number of rotatable bonds is 13. The molecule has 0 aromatic heterocycles. The first kappa shape index (κ1) is 42.9. The van der Waals surface area contributed by atoms with E-state index in [1.165, 1.54) is 44.9 Å². The summed E-state index contributed by atoms with van der Waals surface area (Å²) in [5, 5.41) is 7.41. The smallest absolute Gasteiger partial charge is 0.330 e. The molecule has 4 rings (SSSR count). The molecule has 0 bridgehead atoms. The Morgan fingerprint density at radius 1 is 0.905 bits per heavy atom. The zero-order chi connectivity index (χ0) is 27.6. The van der Waals surface area contributed by atoms with Gasteiger partial charge in [-0.3, -0.25) is 4.55 Å². The van der Waals surface area contributed by atoms with Gasteiger partial charge in [-0.15, -0.1) is 49.6 Å². The lowest BCUT2D eigenvalue weighted by Gasteiger charge is -2.63. The molecule has 0 radical (unpaired) electrons. The molecule has 4 aliphatic rings. The summed E-state index contributed by atoms with van der Waals surface area (Å²) < 4.78 is 36.2. The number of hydrogen-bond acceptors (Lipinski definition) is 7. The predicted molar refractivity (Wildman–Crippen MR) is 182 cm³/mol. The molecular formula is C29H60Cl4N4O4S. The van der Waals surface area contributed by atoms with Crippen molar-refractivity contribution in [3.05, 3.63) is 0 Å². The Labute approximate surface area is 280 Å². The van der Waals surface area contributed by atoms with Gasteiger partial charge in [0.05, 0.1) is 6.61 Å². The lowest BCUT2D eigenvalue weighted by atomic mass is 9.43. The van der Waals surface area contributed by atoms with E-state index in [9.17, 15) is 8.42 Å². The average molecular weight is 703 g/mol. The van der Waals surface area contributed by atoms with Crippen LogP contribution in [-0.2, 0) is 14.6 Å². The molecule has 0 spiro atoms. The van der Waals surface area contributed by atoms with Crippen molar-refractivity contribution < 1.29 is 17.2 Å². The molecule has 4 saturated carbocycles. The maximum atomic E-state index is 11.2. The first-order valence-corrected chi connectivity index (χ1v) is 16.9. The fraction of sp³-hybridized carbons (Fsp3) is 1.00. The number of halogens is 4. The summed E-state index contributed by atoms with van der Waals surface area (Å²) in [6.07, 6.45) is 13.1. The van der Waals surface area contributed by atoms with Gasteiger partial charge in [-0.2, -0.15) is 8.42 Å². The van der Waals surface area contributed by atoms with Crippen molar-refractivity contribution >= 4 is 60.0 Å². The van der Waals surface area contributed by atoms with Crippen LogP contribution in [0.4, 0.5) is 0 Å². The number of hydrogen-bond donors (Lipinski definition) is 5. The lowest BCUT2D eigenvalue weighted by Crippen LogP contribution is -2.61. The molecule has 0 unspecified atom stereocenters. The van der Waals surface area contributed by atoms with E-state index in [4.69, 9.17) is 20.2 Å². The van der Waals surface area contributed by atoms with E-state index in [1.807, 2.05) is 0 Å². The van der Waals surface area contributed by atoms with Gasteiger partial charge in [-0.1, -0.05) is 20.8 Å². The number of nitrogens with two attached hydrogens (primary N) is 2. The third-order valence-electron chi connectivity index (χ3n) is 11.8. The van der Waals surface area contributed by atoms with Gasteiger partial charge in [-0.25, -0.2) is 4.18 Å². The zero-order valence-electron chi connectivity index (χ0n) is 25.8. The zero-order valence-corrected chi connectivity index (χ0v) is 29.9. The van der Waals surface area contributed by atoms with E-state index in [0.29, 0.717) is 41.0 Å². The minimum atomic E-state index is -4.40. The maximum Gasteiger partial charge on any atom is 0.397 e. The molecular weight excluding hydrogens is 642 g/mol. The molecule has 10 atom stereocenters. The van der Waals surface area contributed by atoms with Crippen LogP contribution in [0.2, 0.25) is 0 Å². The van der Waals surface area contributed by atoms with E-state index in [0.717, 1.165) is 51.9 Å². The summed E-state index contributed by atoms with van der Waals surface area (Å²) in [5.74, 6) is 3.04. The van der Waals surface area contributed by atoms with Crippen LogP contribution >= 0.6 is 49.6 Å². The van der Waals surface area contributed by atoms with Crippen LogP contribution < -0.4 is 22.1 Å². The van der Waals surface area contributed by atoms with Crippen molar-refractivity contribution in [1.82, 2.24) is 10.6 Å². The van der Waals surface area contributed by atoms with Crippen molar-refractivity contribution in [3.8, 4) is 0 Å². The lowest BCUT2D eigenvalue weighted by molar-refractivity contribution is -0.126. The Hall–Kier alpha value is 0.870. The average Bonchev–Trinajstić information content (AvgIpc) is 3.21. The van der Waals surface area contributed by atoms with Gasteiger partial charge in [0.2, 0.25) is 0 Å². The van der Waals surface area contributed by atoms with Crippen LogP contribution in [0, 0.1) is 46.3 Å². The Morgan fingerprint density at radius 3 is 2.21 bits per heavy atom. The monoisotopic (exact) mass is 700 g/mol. The highest BCUT2D eigenvalue weighted by molar-refractivity contribution is 7.80. The summed E-state index contributed by atoms with van der Waals surface area (Å²) in [7, 11) is -4.40. The van der Waals surface area contributed by atoms with Crippen LogP contribution in [0.5, 0.6) is 0 Å². The second-order valence-electron chi connectivity index (χ2n) is 13.8. The summed E-state index contributed by atoms with van der Waals surface area (Å²) in [6.45, 7) is 11.2. The SMILES string of the molecule is C[C@H](COS(=O)(=O)O)[C@H]1CC[C@H]2[C@@H]3[C@H](N)C[C@H]4C[C@@H](NCCCNCCCCN)CC[C@]4(C)[C@H]3CC[C@]12C.Cl.Cl.Cl.Cl. The highest BCUT2D eigenvalue weighted by Crippen LogP contribution is 2.68. The number of fused-ring (bicyclic) bond motifs is 5. The van der Waals surface area contributed by atoms with Crippen molar-refractivity contribution in [2.45, 2.75) is 103 Å². The third-order valence-corrected chi connectivity index (χ3v) is 12.2. The summed E-state index contributed by atoms with van der Waals surface area (Å²) in [6, 6.07) is 0.865. The van der Waals surface area contributed by atoms with Crippen LogP contribution in [0.15, 0.2) is 0 Å². The molecule has 0 aromatic carbocycles. The molecule has 13 heteroatoms. The van der Waals surface area contributed by atoms with Crippen molar-refractivity contribution in [3.63, 3.8) is 0 Å². The first-order chi connectivity index (χ1) is 18.0. The first-order valence-electron chi connectivity index (χ1n) is 15.5. The van der Waals surface area contributed by atoms with Crippen LogP contribution in [0.1, 0.15) is 91.4 Å². The largest absolute Gasteiger partial charge is 0.397 e. The van der Waals surface area contributed by atoms with Crippen LogP contribution in [0.25, 0.3) is 0 Å². The highest BCUT2D eigenvalue weighted by atomic mass is 35.5. The van der Waals surface area contributed by atoms with Gasteiger partial charge < -0.3 is 22.1 Å². The van der Waals surface area contributed by atoms with E-state index in [2.05, 4.69) is 31.4 Å². The highest BCUT2D eigenvalue weighted by Gasteiger charge is 2.62. The molecule has 4 fully saturated rings. The molecule has 0 aromatic rings. The summed E-state index contributed by atoms with van der Waals surface area (Å²) >= 11 is 0. The molecule has 8 nitrogen and oxygen atoms in total. The van der Waals surface area contributed by atoms with Gasteiger partial charge in [0.15, 0.2) is 0 Å². The predicted octanol–water partition coefficient (Wildman–Crippen LogP) is 5.40. The minimum Gasteiger partial charge on any atom is -0.330 e. The topological polar surface area (TPSA) is 140 Å². The molecule has 0 heterocycles. The Balaban J connectivity index is 0.00000420. The minimum absolute atomic E-state index is 0. The summed E-state index contributed by atoms with van der Waals surface area (Å²) in [5.41, 5.74) is 13.2. The van der Waals surface area contributed by atoms with E-state index < -0.39 is 10.4 Å². The van der Waals surface area contributed by atoms with Gasteiger partial charge in [0.1, 0.15) is 0 Å². The van der Waals surface area contributed by atoms with Crippen LogP contribution in [0.3, 0.4) is 0 Å². The van der Waals surface area contributed by atoms with E-state index in [1.54, 1.807) is 0 Å². The Bertz CT molecular complexity index is 894. The molecule has 4 aliphatic carbocycles. The van der Waals surface area contributed by atoms with Gasteiger partial charge in [0.25, 0.3) is 0 Å². The third kappa shape index (κ3) is 9.69. The molecule has 42 heavy (non-hydrogen) atoms. The fourth-order valence-corrected chi connectivity index (χ4v) is 10.2. The second-order valence-corrected chi connectivity index (χ2v) is 14.9. The van der Waals surface area contributed by atoms with E-state index >= 15 is 0 Å². The fourth-order valence-electron chi connectivity index (χ4n) is 9.83.